The van der Waals surface area contributed by atoms with Crippen molar-refractivity contribution in [3.63, 3.8) is 0 Å². The molecule has 1 heteroatoms. The van der Waals surface area contributed by atoms with E-state index in [9.17, 15) is 0 Å². The van der Waals surface area contributed by atoms with Crippen LogP contribution in [0.25, 0.3) is 0 Å². The summed E-state index contributed by atoms with van der Waals surface area (Å²) in [6, 6.07) is 7.04. The Labute approximate surface area is 75.1 Å². The van der Waals surface area contributed by atoms with Crippen LogP contribution >= 0.6 is 0 Å². The number of hydrogen-bond acceptors (Lipinski definition) is 0. The van der Waals surface area contributed by atoms with Crippen LogP contribution in [-0.2, 0) is 6.42 Å². The first-order chi connectivity index (χ1) is 5.79. The summed E-state index contributed by atoms with van der Waals surface area (Å²) in [4.78, 5) is 0. The van der Waals surface area contributed by atoms with Crippen LogP contribution in [0.1, 0.15) is 38.9 Å². The highest BCUT2D eigenvalue weighted by Crippen LogP contribution is 2.02. The van der Waals surface area contributed by atoms with E-state index in [0.717, 1.165) is 6.42 Å². The zero-order chi connectivity index (χ0) is 8.97. The Morgan fingerprint density at radius 1 is 1.33 bits per heavy atom. The average Bonchev–Trinajstić information content (AvgIpc) is 2.16. The second-order valence-corrected chi connectivity index (χ2v) is 3.21. The molecule has 66 valence electrons. The molecular weight excluding hydrogens is 146 g/mol. The second-order valence-electron chi connectivity index (χ2n) is 3.21. The lowest BCUT2D eigenvalue weighted by atomic mass is 10.2. The van der Waals surface area contributed by atoms with Crippen LogP contribution in [0, 0.1) is 0 Å². The molecule has 0 amide bonds. The van der Waals surface area contributed by atoms with Gasteiger partial charge in [-0.05, 0) is 6.92 Å². The van der Waals surface area contributed by atoms with Crippen LogP contribution in [0.4, 0.5) is 0 Å². The maximum absolute atomic E-state index is 2.36. The monoisotopic (exact) mass is 164 g/mol. The van der Waals surface area contributed by atoms with Gasteiger partial charge in [0, 0.05) is 25.0 Å². The first kappa shape index (κ1) is 9.24. The normalized spacial score (nSPS) is 12.9. The molecule has 0 radical (unpaired) electrons. The number of aromatic nitrogens is 1. The number of rotatable bonds is 3. The quantitative estimate of drug-likeness (QED) is 0.604. The molecule has 0 fully saturated rings. The Hall–Kier alpha value is -0.850. The molecule has 0 aliphatic heterocycles. The van der Waals surface area contributed by atoms with Crippen molar-refractivity contribution in [1.29, 1.82) is 0 Å². The fourth-order valence-electron chi connectivity index (χ4n) is 1.42. The molecule has 0 aliphatic carbocycles. The van der Waals surface area contributed by atoms with E-state index in [1.54, 1.807) is 0 Å². The lowest BCUT2D eigenvalue weighted by Crippen LogP contribution is -2.40. The maximum atomic E-state index is 2.36. The first-order valence-corrected chi connectivity index (χ1v) is 4.78. The van der Waals surface area contributed by atoms with E-state index in [1.807, 2.05) is 0 Å². The molecule has 1 nitrogen and oxygen atoms in total. The van der Waals surface area contributed by atoms with Gasteiger partial charge < -0.3 is 0 Å². The van der Waals surface area contributed by atoms with Crippen molar-refractivity contribution in [2.24, 2.45) is 0 Å². The van der Waals surface area contributed by atoms with Gasteiger partial charge in [0.15, 0.2) is 17.9 Å². The molecule has 0 N–H and O–H groups in total. The molecule has 0 aliphatic rings. The van der Waals surface area contributed by atoms with Crippen LogP contribution in [-0.4, -0.2) is 0 Å². The lowest BCUT2D eigenvalue weighted by Gasteiger charge is -2.06. The Morgan fingerprint density at radius 3 is 2.67 bits per heavy atom. The van der Waals surface area contributed by atoms with Crippen LogP contribution in [0.5, 0.6) is 0 Å². The summed E-state index contributed by atoms with van der Waals surface area (Å²) in [5.41, 5.74) is 1.42. The molecule has 1 heterocycles. The van der Waals surface area contributed by atoms with Gasteiger partial charge >= 0.3 is 0 Å². The summed E-state index contributed by atoms with van der Waals surface area (Å²) in [5, 5.41) is 0. The van der Waals surface area contributed by atoms with E-state index < -0.39 is 0 Å². The predicted octanol–water partition coefficient (Wildman–Crippen LogP) is 2.51. The third-order valence-electron chi connectivity index (χ3n) is 2.41. The minimum absolute atomic E-state index is 0.626. The van der Waals surface area contributed by atoms with E-state index in [1.165, 1.54) is 12.1 Å². The molecule has 0 aromatic carbocycles. The topological polar surface area (TPSA) is 3.88 Å². The predicted molar refractivity (Wildman–Crippen MR) is 51.0 cm³/mol. The van der Waals surface area contributed by atoms with Crippen LogP contribution in [0.3, 0.4) is 0 Å². The van der Waals surface area contributed by atoms with Crippen molar-refractivity contribution in [1.82, 2.24) is 0 Å². The smallest absolute Gasteiger partial charge is 0.181 e. The van der Waals surface area contributed by atoms with E-state index in [-0.39, 0.29) is 0 Å². The summed E-state index contributed by atoms with van der Waals surface area (Å²) >= 11 is 0. The Morgan fingerprint density at radius 2 is 2.08 bits per heavy atom. The molecule has 1 aromatic rings. The standard InChI is InChI=1S/C11H18N/c1-4-10(3)12-9-7-6-8-11(12)5-2/h6-10H,4-5H2,1-3H3/q+1. The fraction of sp³-hybridized carbons (Fsp3) is 0.545. The Balaban J connectivity index is 2.96. The molecule has 1 aromatic heterocycles. The van der Waals surface area contributed by atoms with Gasteiger partial charge in [0.05, 0.1) is 0 Å². The lowest BCUT2D eigenvalue weighted by molar-refractivity contribution is -0.726. The molecule has 0 saturated carbocycles. The largest absolute Gasteiger partial charge is 0.200 e. The van der Waals surface area contributed by atoms with Gasteiger partial charge in [-0.3, -0.25) is 0 Å². The summed E-state index contributed by atoms with van der Waals surface area (Å²) in [6.07, 6.45) is 4.49. The van der Waals surface area contributed by atoms with Crippen molar-refractivity contribution >= 4 is 0 Å². The number of aryl methyl sites for hydroxylation is 1. The van der Waals surface area contributed by atoms with Crippen molar-refractivity contribution in [2.75, 3.05) is 0 Å². The van der Waals surface area contributed by atoms with E-state index in [0.29, 0.717) is 6.04 Å². The number of nitrogens with zero attached hydrogens (tertiary/aromatic N) is 1. The molecule has 0 spiro atoms. The third-order valence-corrected chi connectivity index (χ3v) is 2.41. The van der Waals surface area contributed by atoms with Crippen molar-refractivity contribution in [2.45, 2.75) is 39.7 Å². The SMILES string of the molecule is CCc1cccc[n+]1C(C)CC. The summed E-state index contributed by atoms with van der Waals surface area (Å²) in [7, 11) is 0. The fourth-order valence-corrected chi connectivity index (χ4v) is 1.42. The van der Waals surface area contributed by atoms with Crippen molar-refractivity contribution in [3.05, 3.63) is 30.1 Å². The van der Waals surface area contributed by atoms with Gasteiger partial charge in [0.2, 0.25) is 0 Å². The van der Waals surface area contributed by atoms with Crippen LogP contribution in [0.15, 0.2) is 24.4 Å². The minimum Gasteiger partial charge on any atom is -0.200 e. The number of pyridine rings is 1. The van der Waals surface area contributed by atoms with Crippen molar-refractivity contribution in [3.8, 4) is 0 Å². The summed E-state index contributed by atoms with van der Waals surface area (Å²) < 4.78 is 2.36. The molecular formula is C11H18N+. The van der Waals surface area contributed by atoms with Gasteiger partial charge in [0.1, 0.15) is 0 Å². The highest BCUT2D eigenvalue weighted by molar-refractivity contribution is 4.96. The van der Waals surface area contributed by atoms with Crippen molar-refractivity contribution < 1.29 is 4.57 Å². The van der Waals surface area contributed by atoms with Gasteiger partial charge in [-0.15, -0.1) is 0 Å². The Kier molecular flexibility index (Phi) is 3.27. The van der Waals surface area contributed by atoms with E-state index >= 15 is 0 Å². The zero-order valence-electron chi connectivity index (χ0n) is 8.25. The van der Waals surface area contributed by atoms with Gasteiger partial charge in [0.25, 0.3) is 0 Å². The van der Waals surface area contributed by atoms with Gasteiger partial charge in [-0.2, -0.15) is 0 Å². The Bertz CT molecular complexity index is 243. The molecule has 0 bridgehead atoms. The third kappa shape index (κ3) is 1.84. The second kappa shape index (κ2) is 4.24. The molecule has 1 rings (SSSR count). The van der Waals surface area contributed by atoms with Gasteiger partial charge in [-0.1, -0.05) is 19.9 Å². The average molecular weight is 164 g/mol. The number of hydrogen-bond donors (Lipinski definition) is 0. The minimum atomic E-state index is 0.626. The van der Waals surface area contributed by atoms with E-state index in [4.69, 9.17) is 0 Å². The van der Waals surface area contributed by atoms with Crippen LogP contribution < -0.4 is 4.57 Å². The van der Waals surface area contributed by atoms with Crippen LogP contribution in [0.2, 0.25) is 0 Å². The molecule has 12 heavy (non-hydrogen) atoms. The summed E-state index contributed by atoms with van der Waals surface area (Å²) in [5.74, 6) is 0. The zero-order valence-corrected chi connectivity index (χ0v) is 8.25. The maximum Gasteiger partial charge on any atom is 0.181 e. The summed E-state index contributed by atoms with van der Waals surface area (Å²) in [6.45, 7) is 6.69. The van der Waals surface area contributed by atoms with E-state index in [2.05, 4.69) is 49.7 Å². The first-order valence-electron chi connectivity index (χ1n) is 4.78. The highest BCUT2D eigenvalue weighted by atomic mass is 15.0. The van der Waals surface area contributed by atoms with Gasteiger partial charge in [-0.25, -0.2) is 4.57 Å². The molecule has 0 saturated heterocycles. The highest BCUT2D eigenvalue weighted by Gasteiger charge is 2.13. The molecule has 1 atom stereocenters. The molecule has 1 unspecified atom stereocenters.